The van der Waals surface area contributed by atoms with Crippen molar-refractivity contribution in [3.8, 4) is 11.1 Å². The van der Waals surface area contributed by atoms with E-state index in [0.717, 1.165) is 21.2 Å². The maximum absolute atomic E-state index is 12.3. The third-order valence-electron chi connectivity index (χ3n) is 3.65. The van der Waals surface area contributed by atoms with Crippen LogP contribution in [0.1, 0.15) is 27.0 Å². The molecule has 0 fully saturated rings. The molecule has 0 N–H and O–H groups in total. The van der Waals surface area contributed by atoms with Gasteiger partial charge in [0.25, 0.3) is 0 Å². The van der Waals surface area contributed by atoms with Crippen molar-refractivity contribution in [3.63, 3.8) is 0 Å². The molecule has 1 heterocycles. The summed E-state index contributed by atoms with van der Waals surface area (Å²) in [5, 5.41) is 0.997. The average molecular weight is 340 g/mol. The average Bonchev–Trinajstić information content (AvgIpc) is 3.01. The first-order valence-corrected chi connectivity index (χ1v) is 8.34. The monoisotopic (exact) mass is 340 g/mol. The van der Waals surface area contributed by atoms with Crippen LogP contribution >= 0.6 is 11.3 Å². The topological polar surface area (TPSA) is 52.6 Å². The van der Waals surface area contributed by atoms with Gasteiger partial charge in [-0.1, -0.05) is 30.3 Å². The lowest BCUT2D eigenvalue weighted by molar-refractivity contribution is 0.0531. The molecular formula is C19H16O4S. The van der Waals surface area contributed by atoms with E-state index in [1.54, 1.807) is 19.1 Å². The van der Waals surface area contributed by atoms with Gasteiger partial charge in [0.15, 0.2) is 0 Å². The van der Waals surface area contributed by atoms with Crippen molar-refractivity contribution < 1.29 is 19.1 Å². The molecule has 5 heteroatoms. The van der Waals surface area contributed by atoms with Crippen LogP contribution < -0.4 is 0 Å². The van der Waals surface area contributed by atoms with Crippen molar-refractivity contribution in [1.82, 2.24) is 0 Å². The predicted molar refractivity (Wildman–Crippen MR) is 94.6 cm³/mol. The Bertz CT molecular complexity index is 893. The summed E-state index contributed by atoms with van der Waals surface area (Å²) in [6, 6.07) is 14.9. The first-order valence-electron chi connectivity index (χ1n) is 7.53. The molecule has 3 rings (SSSR count). The Balaban J connectivity index is 2.15. The third kappa shape index (κ3) is 2.90. The largest absolute Gasteiger partial charge is 0.465 e. The van der Waals surface area contributed by atoms with E-state index < -0.39 is 0 Å². The van der Waals surface area contributed by atoms with Crippen molar-refractivity contribution in [3.05, 3.63) is 59.0 Å². The standard InChI is InChI=1S/C19H16O4S/c1-3-23-19(21)17-16(14-6-4-5-7-15(14)24-17)12-8-10-13(11-9-12)18(20)22-2/h4-11H,3H2,1-2H3. The van der Waals surface area contributed by atoms with Crippen LogP contribution in [0.25, 0.3) is 21.2 Å². The van der Waals surface area contributed by atoms with Gasteiger partial charge in [-0.25, -0.2) is 9.59 Å². The first-order chi connectivity index (χ1) is 11.7. The molecule has 0 saturated carbocycles. The number of ether oxygens (including phenoxy) is 2. The number of carbonyl (C=O) groups is 2. The summed E-state index contributed by atoms with van der Waals surface area (Å²) in [7, 11) is 1.35. The summed E-state index contributed by atoms with van der Waals surface area (Å²) in [5.41, 5.74) is 2.17. The maximum atomic E-state index is 12.3. The van der Waals surface area contributed by atoms with Crippen LogP contribution in [0.4, 0.5) is 0 Å². The number of carbonyl (C=O) groups excluding carboxylic acids is 2. The molecule has 24 heavy (non-hydrogen) atoms. The van der Waals surface area contributed by atoms with E-state index >= 15 is 0 Å². The van der Waals surface area contributed by atoms with Crippen LogP contribution in [0.5, 0.6) is 0 Å². The second-order valence-corrected chi connectivity index (χ2v) is 6.14. The molecule has 0 saturated heterocycles. The molecule has 3 aromatic rings. The van der Waals surface area contributed by atoms with Crippen LogP contribution in [0.2, 0.25) is 0 Å². The fourth-order valence-corrected chi connectivity index (χ4v) is 3.68. The van der Waals surface area contributed by atoms with Crippen molar-refractivity contribution in [1.29, 1.82) is 0 Å². The lowest BCUT2D eigenvalue weighted by atomic mass is 10.0. The minimum atomic E-state index is -0.387. The molecule has 0 bridgehead atoms. The van der Waals surface area contributed by atoms with Crippen molar-refractivity contribution >= 4 is 33.4 Å². The molecule has 0 unspecified atom stereocenters. The van der Waals surface area contributed by atoms with E-state index in [1.807, 2.05) is 36.4 Å². The summed E-state index contributed by atoms with van der Waals surface area (Å²) in [4.78, 5) is 24.5. The number of benzene rings is 2. The molecule has 0 radical (unpaired) electrons. The zero-order valence-electron chi connectivity index (χ0n) is 13.4. The minimum absolute atomic E-state index is 0.327. The van der Waals surface area contributed by atoms with E-state index in [-0.39, 0.29) is 11.9 Å². The number of thiophene rings is 1. The van der Waals surface area contributed by atoms with Crippen LogP contribution in [-0.2, 0) is 9.47 Å². The number of rotatable bonds is 4. The SMILES string of the molecule is CCOC(=O)c1sc2ccccc2c1-c1ccc(C(=O)OC)cc1. The Morgan fingerprint density at radius 1 is 1.00 bits per heavy atom. The molecule has 0 atom stereocenters. The fraction of sp³-hybridized carbons (Fsp3) is 0.158. The number of fused-ring (bicyclic) bond motifs is 1. The van der Waals surface area contributed by atoms with Gasteiger partial charge in [0, 0.05) is 15.6 Å². The summed E-state index contributed by atoms with van der Waals surface area (Å²) in [5.74, 6) is -0.715. The third-order valence-corrected chi connectivity index (χ3v) is 4.80. The van der Waals surface area contributed by atoms with Gasteiger partial charge in [0.1, 0.15) is 4.88 Å². The highest BCUT2D eigenvalue weighted by Gasteiger charge is 2.20. The zero-order chi connectivity index (χ0) is 17.1. The van der Waals surface area contributed by atoms with Gasteiger partial charge in [0.2, 0.25) is 0 Å². The highest BCUT2D eigenvalue weighted by Crippen LogP contribution is 2.39. The van der Waals surface area contributed by atoms with Crippen LogP contribution in [0.15, 0.2) is 48.5 Å². The van der Waals surface area contributed by atoms with E-state index in [0.29, 0.717) is 17.0 Å². The molecule has 0 aliphatic rings. The summed E-state index contributed by atoms with van der Waals surface area (Å²) >= 11 is 1.42. The fourth-order valence-electron chi connectivity index (χ4n) is 2.56. The van der Waals surface area contributed by atoms with Gasteiger partial charge in [-0.3, -0.25) is 0 Å². The molecule has 0 aliphatic heterocycles. The number of hydrogen-bond acceptors (Lipinski definition) is 5. The molecule has 4 nitrogen and oxygen atoms in total. The van der Waals surface area contributed by atoms with E-state index in [4.69, 9.17) is 9.47 Å². The highest BCUT2D eigenvalue weighted by atomic mass is 32.1. The van der Waals surface area contributed by atoms with Crippen molar-refractivity contribution in [2.45, 2.75) is 6.92 Å². The lowest BCUT2D eigenvalue weighted by Crippen LogP contribution is -2.04. The molecule has 122 valence electrons. The molecular weight excluding hydrogens is 324 g/mol. The zero-order valence-corrected chi connectivity index (χ0v) is 14.2. The quantitative estimate of drug-likeness (QED) is 0.655. The summed E-state index contributed by atoms with van der Waals surface area (Å²) < 4.78 is 10.9. The van der Waals surface area contributed by atoms with Gasteiger partial charge in [-0.2, -0.15) is 0 Å². The second kappa shape index (κ2) is 6.84. The Morgan fingerprint density at radius 3 is 2.38 bits per heavy atom. The molecule has 0 amide bonds. The molecule has 1 aromatic heterocycles. The Morgan fingerprint density at radius 2 is 1.71 bits per heavy atom. The van der Waals surface area contributed by atoms with E-state index in [2.05, 4.69) is 0 Å². The lowest BCUT2D eigenvalue weighted by Gasteiger charge is -2.06. The second-order valence-electron chi connectivity index (χ2n) is 5.09. The van der Waals surface area contributed by atoms with Crippen LogP contribution in [-0.4, -0.2) is 25.7 Å². The van der Waals surface area contributed by atoms with E-state index in [1.165, 1.54) is 18.4 Å². The summed E-state index contributed by atoms with van der Waals surface area (Å²) in [6.07, 6.45) is 0. The minimum Gasteiger partial charge on any atom is -0.465 e. The smallest absolute Gasteiger partial charge is 0.348 e. The first kappa shape index (κ1) is 16.2. The van der Waals surface area contributed by atoms with Gasteiger partial charge < -0.3 is 9.47 Å². The molecule has 0 aliphatic carbocycles. The Labute approximate surface area is 143 Å². The van der Waals surface area contributed by atoms with E-state index in [9.17, 15) is 9.59 Å². The summed E-state index contributed by atoms with van der Waals surface area (Å²) in [6.45, 7) is 2.11. The van der Waals surface area contributed by atoms with Crippen molar-refractivity contribution in [2.24, 2.45) is 0 Å². The van der Waals surface area contributed by atoms with Crippen LogP contribution in [0, 0.1) is 0 Å². The van der Waals surface area contributed by atoms with Crippen LogP contribution in [0.3, 0.4) is 0 Å². The van der Waals surface area contributed by atoms with Gasteiger partial charge in [0.05, 0.1) is 19.3 Å². The Kier molecular flexibility index (Phi) is 4.62. The normalized spacial score (nSPS) is 10.6. The Hall–Kier alpha value is -2.66. The predicted octanol–water partition coefficient (Wildman–Crippen LogP) is 4.53. The number of methoxy groups -OCH3 is 1. The number of esters is 2. The number of hydrogen-bond donors (Lipinski definition) is 0. The van der Waals surface area contributed by atoms with Crippen molar-refractivity contribution in [2.75, 3.05) is 13.7 Å². The maximum Gasteiger partial charge on any atom is 0.348 e. The molecule has 0 spiro atoms. The highest BCUT2D eigenvalue weighted by molar-refractivity contribution is 7.21. The van der Waals surface area contributed by atoms with Gasteiger partial charge in [-0.15, -0.1) is 11.3 Å². The molecule has 2 aromatic carbocycles. The van der Waals surface area contributed by atoms with Gasteiger partial charge >= 0.3 is 11.9 Å². The van der Waals surface area contributed by atoms with Gasteiger partial charge in [-0.05, 0) is 30.7 Å².